The highest BCUT2D eigenvalue weighted by atomic mass is 19.4. The van der Waals surface area contributed by atoms with E-state index in [0.717, 1.165) is 43.4 Å². The lowest BCUT2D eigenvalue weighted by molar-refractivity contribution is -0.137. The quantitative estimate of drug-likeness (QED) is 0.591. The molecule has 1 rings (SSSR count). The van der Waals surface area contributed by atoms with Crippen molar-refractivity contribution in [1.82, 2.24) is 5.32 Å². The molecule has 18 heavy (non-hydrogen) atoms. The average Bonchev–Trinajstić information content (AvgIpc) is 2.33. The lowest BCUT2D eigenvalue weighted by atomic mass is 10.1. The van der Waals surface area contributed by atoms with Crippen molar-refractivity contribution in [2.75, 3.05) is 6.54 Å². The van der Waals surface area contributed by atoms with Crippen molar-refractivity contribution in [2.24, 2.45) is 0 Å². The van der Waals surface area contributed by atoms with E-state index in [0.29, 0.717) is 13.0 Å². The third-order valence-electron chi connectivity index (χ3n) is 2.65. The van der Waals surface area contributed by atoms with Crippen LogP contribution >= 0.6 is 0 Å². The molecule has 1 aromatic rings. The lowest BCUT2D eigenvalue weighted by Crippen LogP contribution is -2.11. The first-order valence-electron chi connectivity index (χ1n) is 5.87. The van der Waals surface area contributed by atoms with Gasteiger partial charge in [0.2, 0.25) is 6.41 Å². The van der Waals surface area contributed by atoms with Crippen LogP contribution < -0.4 is 5.32 Å². The van der Waals surface area contributed by atoms with E-state index in [1.807, 2.05) is 0 Å². The molecule has 0 saturated heterocycles. The molecule has 0 aliphatic rings. The van der Waals surface area contributed by atoms with Gasteiger partial charge >= 0.3 is 6.18 Å². The summed E-state index contributed by atoms with van der Waals surface area (Å²) in [6, 6.07) is 5.27. The second-order valence-electron chi connectivity index (χ2n) is 4.08. The van der Waals surface area contributed by atoms with Gasteiger partial charge in [0, 0.05) is 6.54 Å². The van der Waals surface area contributed by atoms with Gasteiger partial charge in [-0.25, -0.2) is 0 Å². The Morgan fingerprint density at radius 2 is 1.72 bits per heavy atom. The van der Waals surface area contributed by atoms with Crippen LogP contribution in [0.3, 0.4) is 0 Å². The molecule has 2 nitrogen and oxygen atoms in total. The normalized spacial score (nSPS) is 11.3. The Kier molecular flexibility index (Phi) is 5.68. The van der Waals surface area contributed by atoms with E-state index in [-0.39, 0.29) is 0 Å². The van der Waals surface area contributed by atoms with E-state index in [9.17, 15) is 18.0 Å². The fraction of sp³-hybridized carbons (Fsp3) is 0.462. The van der Waals surface area contributed by atoms with Crippen LogP contribution in [0.2, 0.25) is 0 Å². The minimum atomic E-state index is -4.26. The number of rotatable bonds is 7. The zero-order valence-electron chi connectivity index (χ0n) is 9.96. The van der Waals surface area contributed by atoms with Crippen molar-refractivity contribution < 1.29 is 18.0 Å². The van der Waals surface area contributed by atoms with Crippen LogP contribution in [0.1, 0.15) is 30.4 Å². The third kappa shape index (κ3) is 5.21. The van der Waals surface area contributed by atoms with Crippen molar-refractivity contribution in [3.05, 3.63) is 35.4 Å². The van der Waals surface area contributed by atoms with Crippen LogP contribution in [0, 0.1) is 0 Å². The Morgan fingerprint density at radius 1 is 1.06 bits per heavy atom. The second kappa shape index (κ2) is 7.03. The Hall–Kier alpha value is -1.52. The van der Waals surface area contributed by atoms with E-state index in [4.69, 9.17) is 0 Å². The summed E-state index contributed by atoms with van der Waals surface area (Å²) < 4.78 is 36.9. The summed E-state index contributed by atoms with van der Waals surface area (Å²) in [6.45, 7) is 0.649. The molecule has 0 aliphatic carbocycles. The molecular weight excluding hydrogens is 243 g/mol. The van der Waals surface area contributed by atoms with Crippen molar-refractivity contribution in [2.45, 2.75) is 31.9 Å². The molecule has 100 valence electrons. The van der Waals surface area contributed by atoms with E-state index in [1.54, 1.807) is 0 Å². The van der Waals surface area contributed by atoms with Crippen LogP contribution in [0.25, 0.3) is 0 Å². The highest BCUT2D eigenvalue weighted by molar-refractivity contribution is 5.45. The summed E-state index contributed by atoms with van der Waals surface area (Å²) in [7, 11) is 0. The van der Waals surface area contributed by atoms with Crippen LogP contribution in [-0.4, -0.2) is 13.0 Å². The van der Waals surface area contributed by atoms with Crippen molar-refractivity contribution in [3.8, 4) is 0 Å². The maximum atomic E-state index is 12.3. The van der Waals surface area contributed by atoms with Crippen LogP contribution in [0.15, 0.2) is 24.3 Å². The van der Waals surface area contributed by atoms with Crippen molar-refractivity contribution in [3.63, 3.8) is 0 Å². The number of carbonyl (C=O) groups is 1. The van der Waals surface area contributed by atoms with Gasteiger partial charge in [-0.3, -0.25) is 4.79 Å². The minimum absolute atomic E-state index is 0.610. The highest BCUT2D eigenvalue weighted by Crippen LogP contribution is 2.29. The number of benzene rings is 1. The summed E-state index contributed by atoms with van der Waals surface area (Å²) in [5.74, 6) is 0. The van der Waals surface area contributed by atoms with E-state index < -0.39 is 11.7 Å². The first-order chi connectivity index (χ1) is 8.54. The number of carbonyl (C=O) groups excluding carboxylic acids is 1. The lowest BCUT2D eigenvalue weighted by Gasteiger charge is -2.07. The summed E-state index contributed by atoms with van der Waals surface area (Å²) in [6.07, 6.45) is -0.0960. The molecule has 0 atom stereocenters. The number of hydrogen-bond acceptors (Lipinski definition) is 1. The van der Waals surface area contributed by atoms with Gasteiger partial charge in [0.15, 0.2) is 0 Å². The molecule has 0 saturated carbocycles. The predicted octanol–water partition coefficient (Wildman–Crippen LogP) is 3.16. The fourth-order valence-corrected chi connectivity index (χ4v) is 1.65. The smallest absolute Gasteiger partial charge is 0.359 e. The molecule has 1 amide bonds. The Labute approximate surface area is 104 Å². The standard InChI is InChI=1S/C13H16F3NO/c14-13(15,16)12-7-5-11(6-8-12)4-2-1-3-9-17-10-18/h5-8,10H,1-4,9H2,(H,17,18). The monoisotopic (exact) mass is 259 g/mol. The van der Waals surface area contributed by atoms with Gasteiger partial charge in [0.1, 0.15) is 0 Å². The van der Waals surface area contributed by atoms with Gasteiger partial charge in [-0.2, -0.15) is 13.2 Å². The van der Waals surface area contributed by atoms with E-state index in [2.05, 4.69) is 5.32 Å². The largest absolute Gasteiger partial charge is 0.416 e. The molecular formula is C13H16F3NO. The number of nitrogens with one attached hydrogen (secondary N) is 1. The first-order valence-corrected chi connectivity index (χ1v) is 5.87. The molecule has 0 bridgehead atoms. The second-order valence-corrected chi connectivity index (χ2v) is 4.08. The van der Waals surface area contributed by atoms with Crippen LogP contribution in [-0.2, 0) is 17.4 Å². The molecule has 0 heterocycles. The average molecular weight is 259 g/mol. The molecule has 0 spiro atoms. The third-order valence-corrected chi connectivity index (χ3v) is 2.65. The molecule has 0 radical (unpaired) electrons. The van der Waals surface area contributed by atoms with Gasteiger partial charge in [-0.15, -0.1) is 0 Å². The minimum Gasteiger partial charge on any atom is -0.359 e. The summed E-state index contributed by atoms with van der Waals surface area (Å²) >= 11 is 0. The number of unbranched alkanes of at least 4 members (excludes halogenated alkanes) is 2. The summed E-state index contributed by atoms with van der Waals surface area (Å²) in [5, 5.41) is 2.57. The van der Waals surface area contributed by atoms with Gasteiger partial charge in [-0.05, 0) is 37.0 Å². The van der Waals surface area contributed by atoms with E-state index in [1.165, 1.54) is 12.1 Å². The highest BCUT2D eigenvalue weighted by Gasteiger charge is 2.29. The van der Waals surface area contributed by atoms with Crippen molar-refractivity contribution >= 4 is 6.41 Å². The summed E-state index contributed by atoms with van der Waals surface area (Å²) in [4.78, 5) is 9.97. The van der Waals surface area contributed by atoms with Crippen LogP contribution in [0.5, 0.6) is 0 Å². The van der Waals surface area contributed by atoms with E-state index >= 15 is 0 Å². The van der Waals surface area contributed by atoms with Gasteiger partial charge in [-0.1, -0.05) is 18.6 Å². The zero-order valence-corrected chi connectivity index (χ0v) is 9.96. The van der Waals surface area contributed by atoms with Gasteiger partial charge < -0.3 is 5.32 Å². The number of aryl methyl sites for hydroxylation is 1. The molecule has 0 aromatic heterocycles. The topological polar surface area (TPSA) is 29.1 Å². The first kappa shape index (κ1) is 14.5. The molecule has 1 aromatic carbocycles. The molecule has 5 heteroatoms. The fourth-order valence-electron chi connectivity index (χ4n) is 1.65. The molecule has 0 aliphatic heterocycles. The number of halogens is 3. The molecule has 0 unspecified atom stereocenters. The maximum Gasteiger partial charge on any atom is 0.416 e. The summed E-state index contributed by atoms with van der Waals surface area (Å²) in [5.41, 5.74) is 0.299. The maximum absolute atomic E-state index is 12.3. The Morgan fingerprint density at radius 3 is 2.28 bits per heavy atom. The SMILES string of the molecule is O=CNCCCCCc1ccc(C(F)(F)F)cc1. The molecule has 0 fully saturated rings. The zero-order chi connectivity index (χ0) is 13.4. The Bertz CT molecular complexity index is 359. The Balaban J connectivity index is 2.29. The van der Waals surface area contributed by atoms with Gasteiger partial charge in [0.05, 0.1) is 5.56 Å². The molecule has 1 N–H and O–H groups in total. The van der Waals surface area contributed by atoms with Gasteiger partial charge in [0.25, 0.3) is 0 Å². The number of alkyl halides is 3. The van der Waals surface area contributed by atoms with Crippen LogP contribution in [0.4, 0.5) is 13.2 Å². The predicted molar refractivity (Wildman–Crippen MR) is 63.1 cm³/mol. The number of hydrogen-bond donors (Lipinski definition) is 1. The van der Waals surface area contributed by atoms with Crippen molar-refractivity contribution in [1.29, 1.82) is 0 Å². The number of amides is 1.